The van der Waals surface area contributed by atoms with Gasteiger partial charge in [0.05, 0.1) is 27.8 Å². The normalized spacial score (nSPS) is 11.6. The van der Waals surface area contributed by atoms with Crippen LogP contribution in [0.3, 0.4) is 0 Å². The molecule has 0 spiro atoms. The molecule has 46 heavy (non-hydrogen) atoms. The molecule has 0 aliphatic heterocycles. The van der Waals surface area contributed by atoms with Crippen molar-refractivity contribution < 1.29 is 4.42 Å². The van der Waals surface area contributed by atoms with Gasteiger partial charge < -0.3 is 14.3 Å². The second kappa shape index (κ2) is 10.9. The summed E-state index contributed by atoms with van der Waals surface area (Å²) in [6.45, 7) is 0. The lowest BCUT2D eigenvalue weighted by Gasteiger charge is -2.14. The Morgan fingerprint density at radius 3 is 2.20 bits per heavy atom. The number of benzene rings is 6. The Morgan fingerprint density at radius 1 is 0.565 bits per heavy atom. The van der Waals surface area contributed by atoms with Crippen LogP contribution in [-0.2, 0) is 0 Å². The van der Waals surface area contributed by atoms with Crippen molar-refractivity contribution in [2.24, 2.45) is 0 Å². The first-order valence-corrected chi connectivity index (χ1v) is 16.3. The van der Waals surface area contributed by atoms with E-state index in [9.17, 15) is 0 Å². The number of anilines is 2. The molecule has 0 atom stereocenters. The lowest BCUT2D eigenvalue weighted by molar-refractivity contribution is 0.669. The van der Waals surface area contributed by atoms with Crippen molar-refractivity contribution in [1.82, 2.24) is 9.55 Å². The largest absolute Gasteiger partial charge is 0.456 e. The zero-order chi connectivity index (χ0) is 30.6. The molecule has 0 aliphatic carbocycles. The lowest BCUT2D eigenvalue weighted by Crippen LogP contribution is -1.98. The Morgan fingerprint density at radius 2 is 1.28 bits per heavy atom. The molecule has 3 aromatic heterocycles. The van der Waals surface area contributed by atoms with Crippen LogP contribution in [0, 0.1) is 3.57 Å². The molecule has 0 amide bonds. The standard InChI is InChI=1S/C41H26IN3O/c42-32-15-5-1-11-27(32)28-12-2-6-16-34(28)44-40-22-9-17-33(43-40)26-23-24-30-29-13-3-7-18-35(29)45(37(30)25-26)36-19-10-21-39-41(36)31-14-4-8-20-38(31)46-39/h1-25H,(H,43,44). The van der Waals surface area contributed by atoms with Crippen LogP contribution < -0.4 is 5.32 Å². The van der Waals surface area contributed by atoms with Crippen LogP contribution in [0.1, 0.15) is 0 Å². The van der Waals surface area contributed by atoms with Crippen LogP contribution in [-0.4, -0.2) is 9.55 Å². The number of hydrogen-bond acceptors (Lipinski definition) is 3. The average molecular weight is 704 g/mol. The SMILES string of the molecule is Ic1ccccc1-c1ccccc1Nc1cccc(-c2ccc3c4ccccc4n(-c4cccc5oc6ccccc6c45)c3c2)n1. The Balaban J connectivity index is 1.19. The number of pyridine rings is 1. The number of para-hydroxylation sites is 3. The Kier molecular flexibility index (Phi) is 6.38. The fourth-order valence-corrected chi connectivity index (χ4v) is 7.32. The molecular weight excluding hydrogens is 677 g/mol. The van der Waals surface area contributed by atoms with E-state index in [0.29, 0.717) is 0 Å². The maximum Gasteiger partial charge on any atom is 0.137 e. The van der Waals surface area contributed by atoms with E-state index in [4.69, 9.17) is 9.40 Å². The van der Waals surface area contributed by atoms with E-state index in [1.54, 1.807) is 0 Å². The number of hydrogen-bond donors (Lipinski definition) is 1. The molecule has 0 bridgehead atoms. The molecule has 3 heterocycles. The lowest BCUT2D eigenvalue weighted by atomic mass is 10.0. The highest BCUT2D eigenvalue weighted by Gasteiger charge is 2.18. The van der Waals surface area contributed by atoms with Gasteiger partial charge in [-0.15, -0.1) is 0 Å². The minimum atomic E-state index is 0.797. The van der Waals surface area contributed by atoms with Crippen LogP contribution in [0.2, 0.25) is 0 Å². The second-order valence-electron chi connectivity index (χ2n) is 11.4. The highest BCUT2D eigenvalue weighted by atomic mass is 127. The Hall–Kier alpha value is -5.40. The monoisotopic (exact) mass is 703 g/mol. The zero-order valence-corrected chi connectivity index (χ0v) is 26.8. The van der Waals surface area contributed by atoms with Crippen molar-refractivity contribution in [1.29, 1.82) is 0 Å². The van der Waals surface area contributed by atoms with Crippen molar-refractivity contribution in [3.8, 4) is 28.1 Å². The molecule has 1 N–H and O–H groups in total. The van der Waals surface area contributed by atoms with Gasteiger partial charge in [-0.3, -0.25) is 0 Å². The minimum Gasteiger partial charge on any atom is -0.456 e. The number of nitrogens with one attached hydrogen (secondary N) is 1. The minimum absolute atomic E-state index is 0.797. The molecule has 0 radical (unpaired) electrons. The average Bonchev–Trinajstić information content (AvgIpc) is 3.65. The van der Waals surface area contributed by atoms with Crippen molar-refractivity contribution in [2.75, 3.05) is 5.32 Å². The number of halogens is 1. The Bertz CT molecular complexity index is 2600. The number of nitrogens with zero attached hydrogens (tertiary/aromatic N) is 2. The van der Waals surface area contributed by atoms with Gasteiger partial charge in [-0.2, -0.15) is 0 Å². The predicted molar refractivity (Wildman–Crippen MR) is 199 cm³/mol. The maximum absolute atomic E-state index is 6.28. The molecule has 6 aromatic carbocycles. The molecule has 5 heteroatoms. The number of furan rings is 1. The van der Waals surface area contributed by atoms with Crippen molar-refractivity contribution >= 4 is 77.8 Å². The van der Waals surface area contributed by atoms with Crippen LogP contribution in [0.4, 0.5) is 11.5 Å². The topological polar surface area (TPSA) is 43.0 Å². The van der Waals surface area contributed by atoms with E-state index in [0.717, 1.165) is 67.0 Å². The summed E-state index contributed by atoms with van der Waals surface area (Å²) in [6.07, 6.45) is 0. The molecule has 0 unspecified atom stereocenters. The van der Waals surface area contributed by atoms with Crippen LogP contribution in [0.25, 0.3) is 71.8 Å². The summed E-state index contributed by atoms with van der Waals surface area (Å²) in [7, 11) is 0. The third-order valence-electron chi connectivity index (χ3n) is 8.69. The van der Waals surface area contributed by atoms with E-state index in [2.05, 4.69) is 166 Å². The van der Waals surface area contributed by atoms with E-state index in [1.165, 1.54) is 19.9 Å². The quantitative estimate of drug-likeness (QED) is 0.182. The third kappa shape index (κ3) is 4.38. The zero-order valence-electron chi connectivity index (χ0n) is 24.6. The number of aromatic nitrogens is 2. The smallest absolute Gasteiger partial charge is 0.137 e. The first-order chi connectivity index (χ1) is 22.7. The van der Waals surface area contributed by atoms with E-state index in [-0.39, 0.29) is 0 Å². The van der Waals surface area contributed by atoms with Crippen molar-refractivity contribution in [2.45, 2.75) is 0 Å². The maximum atomic E-state index is 6.28. The van der Waals surface area contributed by atoms with Gasteiger partial charge in [-0.25, -0.2) is 4.98 Å². The summed E-state index contributed by atoms with van der Waals surface area (Å²) in [6, 6.07) is 52.9. The van der Waals surface area contributed by atoms with Gasteiger partial charge in [0, 0.05) is 36.5 Å². The first kappa shape index (κ1) is 27.0. The molecule has 9 rings (SSSR count). The molecule has 9 aromatic rings. The summed E-state index contributed by atoms with van der Waals surface area (Å²) >= 11 is 2.40. The van der Waals surface area contributed by atoms with Crippen molar-refractivity contribution in [3.63, 3.8) is 0 Å². The molecule has 4 nitrogen and oxygen atoms in total. The summed E-state index contributed by atoms with van der Waals surface area (Å²) < 4.78 is 9.86. The summed E-state index contributed by atoms with van der Waals surface area (Å²) in [5.74, 6) is 0.797. The highest BCUT2D eigenvalue weighted by molar-refractivity contribution is 14.1. The Labute approximate surface area is 279 Å². The van der Waals surface area contributed by atoms with Gasteiger partial charge in [0.25, 0.3) is 0 Å². The summed E-state index contributed by atoms with van der Waals surface area (Å²) in [5.41, 5.74) is 10.5. The van der Waals surface area contributed by atoms with Crippen molar-refractivity contribution in [3.05, 3.63) is 155 Å². The molecule has 218 valence electrons. The van der Waals surface area contributed by atoms with Gasteiger partial charge in [-0.05, 0) is 82.8 Å². The third-order valence-corrected chi connectivity index (χ3v) is 9.63. The molecule has 0 saturated carbocycles. The predicted octanol–water partition coefficient (Wildman–Crippen LogP) is 11.8. The van der Waals surface area contributed by atoms with Crippen LogP contribution >= 0.6 is 22.6 Å². The number of rotatable bonds is 5. The van der Waals surface area contributed by atoms with Gasteiger partial charge >= 0.3 is 0 Å². The molecule has 0 aliphatic rings. The van der Waals surface area contributed by atoms with Gasteiger partial charge in [0.2, 0.25) is 0 Å². The van der Waals surface area contributed by atoms with Gasteiger partial charge in [0.15, 0.2) is 0 Å². The fourth-order valence-electron chi connectivity index (χ4n) is 6.64. The van der Waals surface area contributed by atoms with Crippen LogP contribution in [0.15, 0.2) is 156 Å². The van der Waals surface area contributed by atoms with Gasteiger partial charge in [0.1, 0.15) is 17.0 Å². The van der Waals surface area contributed by atoms with E-state index in [1.807, 2.05) is 18.2 Å². The first-order valence-electron chi connectivity index (χ1n) is 15.3. The molecule has 0 saturated heterocycles. The number of fused-ring (bicyclic) bond motifs is 6. The van der Waals surface area contributed by atoms with E-state index < -0.39 is 0 Å². The fraction of sp³-hybridized carbons (Fsp3) is 0. The summed E-state index contributed by atoms with van der Waals surface area (Å²) in [4.78, 5) is 5.10. The second-order valence-corrected chi connectivity index (χ2v) is 12.6. The highest BCUT2D eigenvalue weighted by Crippen LogP contribution is 2.40. The summed E-state index contributed by atoms with van der Waals surface area (Å²) in [5, 5.41) is 8.24. The van der Waals surface area contributed by atoms with Crippen LogP contribution in [0.5, 0.6) is 0 Å². The molecular formula is C41H26IN3O. The molecule has 0 fully saturated rings. The van der Waals surface area contributed by atoms with E-state index >= 15 is 0 Å². The van der Waals surface area contributed by atoms with Gasteiger partial charge in [-0.1, -0.05) is 97.1 Å².